The molecule has 0 bridgehead atoms. The summed E-state index contributed by atoms with van der Waals surface area (Å²) in [5.74, 6) is -0.324. The average Bonchev–Trinajstić information content (AvgIpc) is 1.97. The van der Waals surface area contributed by atoms with Crippen molar-refractivity contribution in [1.82, 2.24) is 0 Å². The fourth-order valence-electron chi connectivity index (χ4n) is 0.541. The number of esters is 1. The van der Waals surface area contributed by atoms with Gasteiger partial charge in [0.1, 0.15) is 6.23 Å². The highest BCUT2D eigenvalue weighted by molar-refractivity contribution is 6.27. The van der Waals surface area contributed by atoms with Crippen molar-refractivity contribution in [2.75, 3.05) is 6.23 Å². The first-order valence-electron chi connectivity index (χ1n) is 3.98. The molecule has 0 aliphatic rings. The second-order valence-corrected chi connectivity index (χ2v) is 3.99. The summed E-state index contributed by atoms with van der Waals surface area (Å²) in [5.41, 5.74) is 0.438. The van der Waals surface area contributed by atoms with Gasteiger partial charge < -0.3 is 9.16 Å². The van der Waals surface area contributed by atoms with Crippen molar-refractivity contribution in [3.05, 3.63) is 12.2 Å². The highest BCUT2D eigenvalue weighted by Crippen LogP contribution is 1.91. The highest BCUT2D eigenvalue weighted by atomic mass is 28.2. The molecule has 0 amide bonds. The molecule has 4 heteroatoms. The van der Waals surface area contributed by atoms with Crippen LogP contribution in [0, 0.1) is 0 Å². The molecule has 0 aliphatic carbocycles. The normalized spacial score (nSPS) is 11.0. The molecule has 0 saturated carbocycles. The number of hydrogen-bond donors (Lipinski definition) is 0. The zero-order chi connectivity index (χ0) is 9.56. The fraction of sp³-hybridized carbons (Fsp3) is 0.625. The molecule has 0 saturated heterocycles. The van der Waals surface area contributed by atoms with Crippen LogP contribution in [0.4, 0.5) is 0 Å². The van der Waals surface area contributed by atoms with E-state index >= 15 is 0 Å². The van der Waals surface area contributed by atoms with Gasteiger partial charge in [0.25, 0.3) is 0 Å². The van der Waals surface area contributed by atoms with Crippen LogP contribution in [-0.2, 0) is 14.0 Å². The third-order valence-electron chi connectivity index (χ3n) is 1.12. The Morgan fingerprint density at radius 1 is 1.58 bits per heavy atom. The molecule has 0 rings (SSSR count). The Labute approximate surface area is 75.7 Å². The summed E-state index contributed by atoms with van der Waals surface area (Å²) in [5, 5.41) is 0. The van der Waals surface area contributed by atoms with Crippen molar-refractivity contribution in [3.8, 4) is 0 Å². The van der Waals surface area contributed by atoms with E-state index in [0.29, 0.717) is 11.8 Å². The predicted octanol–water partition coefficient (Wildman–Crippen LogP) is 0.572. The molecule has 0 radical (unpaired) electrons. The van der Waals surface area contributed by atoms with Crippen LogP contribution >= 0.6 is 0 Å². The number of ether oxygens (including phenoxy) is 1. The third kappa shape index (κ3) is 6.12. The van der Waals surface area contributed by atoms with Gasteiger partial charge in [-0.15, -0.1) is 0 Å². The third-order valence-corrected chi connectivity index (χ3v) is 2.39. The largest absolute Gasteiger partial charge is 0.464 e. The minimum Gasteiger partial charge on any atom is -0.464 e. The van der Waals surface area contributed by atoms with Crippen LogP contribution in [0.3, 0.4) is 0 Å². The molecule has 70 valence electrons. The summed E-state index contributed by atoms with van der Waals surface area (Å²) in [6, 6.07) is 0. The lowest BCUT2D eigenvalue weighted by Crippen LogP contribution is -2.16. The van der Waals surface area contributed by atoms with E-state index in [2.05, 4.69) is 6.58 Å². The van der Waals surface area contributed by atoms with Gasteiger partial charge in [-0.3, -0.25) is 0 Å². The molecule has 0 aliphatic heterocycles. The van der Waals surface area contributed by atoms with E-state index in [0.717, 1.165) is 0 Å². The van der Waals surface area contributed by atoms with Gasteiger partial charge >= 0.3 is 5.97 Å². The first-order chi connectivity index (χ1) is 5.54. The van der Waals surface area contributed by atoms with E-state index in [4.69, 9.17) is 9.16 Å². The minimum atomic E-state index is -0.695. The van der Waals surface area contributed by atoms with Crippen molar-refractivity contribution < 1.29 is 14.0 Å². The van der Waals surface area contributed by atoms with Crippen molar-refractivity contribution in [3.63, 3.8) is 0 Å². The summed E-state index contributed by atoms with van der Waals surface area (Å²) < 4.78 is 10.2. The average molecular weight is 188 g/mol. The number of carbonyl (C=O) groups excluding carboxylic acids is 1. The second kappa shape index (κ2) is 5.96. The lowest BCUT2D eigenvalue weighted by molar-refractivity contribution is -0.137. The maximum atomic E-state index is 10.8. The quantitative estimate of drug-likeness (QED) is 0.274. The van der Waals surface area contributed by atoms with E-state index in [1.165, 1.54) is 0 Å². The molecule has 0 aromatic rings. The molecule has 0 unspecified atom stereocenters. The number of rotatable bonds is 5. The van der Waals surface area contributed by atoms with E-state index in [9.17, 15) is 4.79 Å². The molecular weight excluding hydrogens is 172 g/mol. The van der Waals surface area contributed by atoms with E-state index in [1.807, 2.05) is 13.8 Å². The van der Waals surface area contributed by atoms with E-state index in [-0.39, 0.29) is 12.1 Å². The Kier molecular flexibility index (Phi) is 5.66. The first-order valence-corrected chi connectivity index (χ1v) is 5.56. The molecule has 12 heavy (non-hydrogen) atoms. The Morgan fingerprint density at radius 3 is 2.58 bits per heavy atom. The summed E-state index contributed by atoms with van der Waals surface area (Å²) in [6.45, 7) is 9.03. The van der Waals surface area contributed by atoms with Crippen LogP contribution in [0.5, 0.6) is 0 Å². The van der Waals surface area contributed by atoms with E-state index in [1.54, 1.807) is 6.92 Å². The van der Waals surface area contributed by atoms with Gasteiger partial charge in [-0.25, -0.2) is 4.79 Å². The lowest BCUT2D eigenvalue weighted by atomic mass is 10.4. The van der Waals surface area contributed by atoms with Gasteiger partial charge in [0, 0.05) is 11.7 Å². The van der Waals surface area contributed by atoms with Gasteiger partial charge in [0.2, 0.25) is 9.76 Å². The Hall–Kier alpha value is -0.613. The number of carbonyl (C=O) groups is 1. The fourth-order valence-corrected chi connectivity index (χ4v) is 1.38. The van der Waals surface area contributed by atoms with Gasteiger partial charge in [0.05, 0.1) is 0 Å². The van der Waals surface area contributed by atoms with Crippen LogP contribution < -0.4 is 0 Å². The van der Waals surface area contributed by atoms with Crippen LogP contribution in [0.2, 0.25) is 0 Å². The topological polar surface area (TPSA) is 35.5 Å². The minimum absolute atomic E-state index is 0.236. The molecule has 0 N–H and O–H groups in total. The molecular formula is C8H16O3Si. The molecule has 3 nitrogen and oxygen atoms in total. The summed E-state index contributed by atoms with van der Waals surface area (Å²) in [4.78, 5) is 10.8. The maximum Gasteiger partial charge on any atom is 0.332 e. The SMILES string of the molecule is C=C(C)C(=O)OC[SiH2]OC(C)C. The Bertz CT molecular complexity index is 166. The first kappa shape index (κ1) is 11.4. The highest BCUT2D eigenvalue weighted by Gasteiger charge is 2.02. The van der Waals surface area contributed by atoms with Crippen LogP contribution in [-0.4, -0.2) is 28.1 Å². The van der Waals surface area contributed by atoms with Crippen molar-refractivity contribution in [2.45, 2.75) is 26.9 Å². The molecule has 0 spiro atoms. The summed E-state index contributed by atoms with van der Waals surface area (Å²) in [6.07, 6.45) is 0.671. The van der Waals surface area contributed by atoms with Gasteiger partial charge in [-0.1, -0.05) is 6.58 Å². The number of hydrogen-bond acceptors (Lipinski definition) is 3. The predicted molar refractivity (Wildman–Crippen MR) is 50.5 cm³/mol. The molecule has 0 aromatic heterocycles. The van der Waals surface area contributed by atoms with E-state index < -0.39 is 9.76 Å². The van der Waals surface area contributed by atoms with Crippen LogP contribution in [0.15, 0.2) is 12.2 Å². The molecule has 0 fully saturated rings. The van der Waals surface area contributed by atoms with Gasteiger partial charge in [0.15, 0.2) is 0 Å². The lowest BCUT2D eigenvalue weighted by Gasteiger charge is -2.07. The van der Waals surface area contributed by atoms with Crippen LogP contribution in [0.25, 0.3) is 0 Å². The second-order valence-electron chi connectivity index (χ2n) is 2.84. The van der Waals surface area contributed by atoms with Crippen molar-refractivity contribution in [1.29, 1.82) is 0 Å². The standard InChI is InChI=1S/C8H16O3Si/c1-6(2)8(9)10-5-12-11-7(3)4/h7H,1,5,12H2,2-4H3. The zero-order valence-electron chi connectivity index (χ0n) is 7.92. The smallest absolute Gasteiger partial charge is 0.332 e. The maximum absolute atomic E-state index is 10.8. The summed E-state index contributed by atoms with van der Waals surface area (Å²) in [7, 11) is -0.695. The zero-order valence-corrected chi connectivity index (χ0v) is 9.34. The van der Waals surface area contributed by atoms with Gasteiger partial charge in [-0.05, 0) is 20.8 Å². The Morgan fingerprint density at radius 2 is 2.17 bits per heavy atom. The molecule has 0 aromatic carbocycles. The van der Waals surface area contributed by atoms with Gasteiger partial charge in [-0.2, -0.15) is 0 Å². The Balaban J connectivity index is 3.32. The molecule has 0 heterocycles. The van der Waals surface area contributed by atoms with Crippen molar-refractivity contribution in [2.24, 2.45) is 0 Å². The van der Waals surface area contributed by atoms with Crippen molar-refractivity contribution >= 4 is 15.7 Å². The molecule has 0 atom stereocenters. The summed E-state index contributed by atoms with van der Waals surface area (Å²) >= 11 is 0. The monoisotopic (exact) mass is 188 g/mol. The van der Waals surface area contributed by atoms with Crippen LogP contribution in [0.1, 0.15) is 20.8 Å².